The Kier molecular flexibility index (Phi) is 10.4. The van der Waals surface area contributed by atoms with E-state index >= 15 is 0 Å². The number of guanidine groups is 1. The Bertz CT molecular complexity index is 795. The average Bonchev–Trinajstić information content (AvgIpc) is 2.65. The molecule has 4 nitrogen and oxygen atoms in total. The number of ether oxygens (including phenoxy) is 1. The lowest BCUT2D eigenvalue weighted by atomic mass is 10.1. The van der Waals surface area contributed by atoms with Crippen LogP contribution in [0.15, 0.2) is 47.5 Å². The molecule has 0 aliphatic heterocycles. The Morgan fingerprint density at radius 3 is 2.07 bits per heavy atom. The molecule has 2 N–H and O–H groups in total. The molecule has 9 heteroatoms. The molecule has 0 saturated heterocycles. The Labute approximate surface area is 184 Å². The molecule has 2 rings (SSSR count). The zero-order chi connectivity index (χ0) is 20.6. The number of nitrogens with zero attached hydrogens (tertiary/aromatic N) is 1. The van der Waals surface area contributed by atoms with Gasteiger partial charge in [0.15, 0.2) is 5.96 Å². The van der Waals surface area contributed by atoms with Crippen molar-refractivity contribution in [1.29, 1.82) is 0 Å². The smallest absolute Gasteiger partial charge is 0.367 e. The van der Waals surface area contributed by atoms with Crippen molar-refractivity contribution < 1.29 is 22.3 Å². The number of aryl methyl sites for hydroxylation is 1. The van der Waals surface area contributed by atoms with E-state index < -0.39 is 12.8 Å². The molecule has 2 aromatic carbocycles. The number of aliphatic imine (C=N–C) groups is 1. The van der Waals surface area contributed by atoms with Crippen LogP contribution in [0.25, 0.3) is 0 Å². The fraction of sp³-hybridized carbons (Fsp3) is 0.350. The minimum atomic E-state index is -4.32. The van der Waals surface area contributed by atoms with Crippen LogP contribution in [-0.2, 0) is 24.4 Å². The first kappa shape index (κ1) is 25.2. The first-order valence-electron chi connectivity index (χ1n) is 8.68. The first-order valence-corrected chi connectivity index (χ1v) is 8.68. The summed E-state index contributed by atoms with van der Waals surface area (Å²) in [4.78, 5) is 4.11. The highest BCUT2D eigenvalue weighted by atomic mass is 127. The molecule has 29 heavy (non-hydrogen) atoms. The lowest BCUT2D eigenvalue weighted by Crippen LogP contribution is -2.36. The highest BCUT2D eigenvalue weighted by Gasteiger charge is 2.27. The van der Waals surface area contributed by atoms with Crippen molar-refractivity contribution in [2.45, 2.75) is 32.8 Å². The molecule has 0 atom stereocenters. The summed E-state index contributed by atoms with van der Waals surface area (Å²) in [6.07, 6.45) is -4.32. The zero-order valence-corrected chi connectivity index (χ0v) is 18.5. The van der Waals surface area contributed by atoms with Crippen molar-refractivity contribution >= 4 is 29.9 Å². The van der Waals surface area contributed by atoms with E-state index in [-0.39, 0.29) is 36.4 Å². The fourth-order valence-electron chi connectivity index (χ4n) is 2.38. The predicted octanol–water partition coefficient (Wildman–Crippen LogP) is 4.70. The van der Waals surface area contributed by atoms with Crippen LogP contribution in [0.4, 0.5) is 17.6 Å². The number of alkyl halides is 3. The maximum Gasteiger partial charge on any atom is 0.411 e. The van der Waals surface area contributed by atoms with Gasteiger partial charge in [0.1, 0.15) is 12.4 Å². The van der Waals surface area contributed by atoms with Crippen molar-refractivity contribution in [3.8, 4) is 0 Å². The first-order chi connectivity index (χ1) is 13.3. The van der Waals surface area contributed by atoms with Gasteiger partial charge in [0.05, 0.1) is 6.61 Å². The van der Waals surface area contributed by atoms with Gasteiger partial charge in [0.2, 0.25) is 0 Å². The van der Waals surface area contributed by atoms with E-state index in [1.54, 1.807) is 32.2 Å². The molecule has 0 heterocycles. The van der Waals surface area contributed by atoms with Crippen LogP contribution in [0.1, 0.15) is 22.3 Å². The topological polar surface area (TPSA) is 45.7 Å². The third kappa shape index (κ3) is 9.44. The molecule has 2 aromatic rings. The quantitative estimate of drug-likeness (QED) is 0.239. The molecular weight excluding hydrogens is 501 g/mol. The van der Waals surface area contributed by atoms with Crippen LogP contribution in [0, 0.1) is 12.7 Å². The van der Waals surface area contributed by atoms with Gasteiger partial charge in [-0.25, -0.2) is 4.39 Å². The van der Waals surface area contributed by atoms with Gasteiger partial charge in [-0.2, -0.15) is 13.2 Å². The SMILES string of the molecule is CN=C(NCc1ccc(COCC(F)(F)F)cc1)NCc1ccc(C)c(F)c1.I. The van der Waals surface area contributed by atoms with E-state index in [0.717, 1.165) is 11.1 Å². The van der Waals surface area contributed by atoms with E-state index in [2.05, 4.69) is 20.4 Å². The van der Waals surface area contributed by atoms with E-state index in [1.807, 2.05) is 18.2 Å². The second-order valence-electron chi connectivity index (χ2n) is 6.29. The molecule has 0 radical (unpaired) electrons. The minimum Gasteiger partial charge on any atom is -0.367 e. The van der Waals surface area contributed by atoms with E-state index in [0.29, 0.717) is 30.2 Å². The van der Waals surface area contributed by atoms with Crippen LogP contribution >= 0.6 is 24.0 Å². The number of rotatable bonds is 7. The lowest BCUT2D eigenvalue weighted by Gasteiger charge is -2.13. The number of hydrogen-bond donors (Lipinski definition) is 2. The molecule has 0 amide bonds. The fourth-order valence-corrected chi connectivity index (χ4v) is 2.38. The minimum absolute atomic E-state index is 0. The van der Waals surface area contributed by atoms with Crippen LogP contribution < -0.4 is 10.6 Å². The molecule has 0 spiro atoms. The Hall–Kier alpha value is -1.88. The lowest BCUT2D eigenvalue weighted by molar-refractivity contribution is -0.176. The molecule has 0 aliphatic rings. The largest absolute Gasteiger partial charge is 0.411 e. The number of halogens is 5. The summed E-state index contributed by atoms with van der Waals surface area (Å²) >= 11 is 0. The highest BCUT2D eigenvalue weighted by Crippen LogP contribution is 2.16. The number of nitrogens with one attached hydrogen (secondary N) is 2. The third-order valence-electron chi connectivity index (χ3n) is 3.94. The zero-order valence-electron chi connectivity index (χ0n) is 16.1. The normalized spacial score (nSPS) is 11.7. The van der Waals surface area contributed by atoms with Gasteiger partial charge < -0.3 is 15.4 Å². The van der Waals surface area contributed by atoms with Gasteiger partial charge in [-0.15, -0.1) is 24.0 Å². The maximum atomic E-state index is 13.6. The van der Waals surface area contributed by atoms with E-state index in [4.69, 9.17) is 0 Å². The van der Waals surface area contributed by atoms with Gasteiger partial charge in [-0.3, -0.25) is 4.99 Å². The molecule has 0 aliphatic carbocycles. The Balaban J connectivity index is 0.00000420. The molecule has 160 valence electrons. The second kappa shape index (κ2) is 12.0. The Morgan fingerprint density at radius 2 is 1.52 bits per heavy atom. The molecule has 0 unspecified atom stereocenters. The maximum absolute atomic E-state index is 13.6. The summed E-state index contributed by atoms with van der Waals surface area (Å²) in [7, 11) is 1.63. The standard InChI is InChI=1S/C20H23F4N3O.HI/c1-14-3-4-17(9-18(14)21)11-27-19(25-2)26-10-15-5-7-16(8-6-15)12-28-13-20(22,23)24;/h3-9H,10-13H2,1-2H3,(H2,25,26,27);1H. The molecule has 0 fully saturated rings. The summed E-state index contributed by atoms with van der Waals surface area (Å²) in [6, 6.07) is 12.1. The van der Waals surface area contributed by atoms with Crippen molar-refractivity contribution in [3.05, 3.63) is 70.5 Å². The molecule has 0 saturated carbocycles. The molecular formula is C20H24F4IN3O. The van der Waals surface area contributed by atoms with E-state index in [9.17, 15) is 17.6 Å². The van der Waals surface area contributed by atoms with Crippen LogP contribution in [0.2, 0.25) is 0 Å². The van der Waals surface area contributed by atoms with Gasteiger partial charge >= 0.3 is 6.18 Å². The Morgan fingerprint density at radius 1 is 0.966 bits per heavy atom. The van der Waals surface area contributed by atoms with Crippen molar-refractivity contribution in [3.63, 3.8) is 0 Å². The number of hydrogen-bond acceptors (Lipinski definition) is 2. The van der Waals surface area contributed by atoms with Crippen molar-refractivity contribution in [1.82, 2.24) is 10.6 Å². The molecule has 0 aromatic heterocycles. The van der Waals surface area contributed by atoms with Gasteiger partial charge in [-0.1, -0.05) is 36.4 Å². The monoisotopic (exact) mass is 525 g/mol. The summed E-state index contributed by atoms with van der Waals surface area (Å²) in [5.74, 6) is 0.306. The molecule has 0 bridgehead atoms. The second-order valence-corrected chi connectivity index (χ2v) is 6.29. The third-order valence-corrected chi connectivity index (χ3v) is 3.94. The van der Waals surface area contributed by atoms with E-state index in [1.165, 1.54) is 6.07 Å². The summed E-state index contributed by atoms with van der Waals surface area (Å²) < 4.78 is 54.4. The van der Waals surface area contributed by atoms with Gasteiger partial charge in [0.25, 0.3) is 0 Å². The van der Waals surface area contributed by atoms with Gasteiger partial charge in [-0.05, 0) is 35.2 Å². The van der Waals surface area contributed by atoms with Crippen molar-refractivity contribution in [2.75, 3.05) is 13.7 Å². The average molecular weight is 525 g/mol. The predicted molar refractivity (Wildman–Crippen MR) is 116 cm³/mol. The van der Waals surface area contributed by atoms with Gasteiger partial charge in [0, 0.05) is 20.1 Å². The summed E-state index contributed by atoms with van der Waals surface area (Å²) in [6.45, 7) is 1.26. The highest BCUT2D eigenvalue weighted by molar-refractivity contribution is 14.0. The summed E-state index contributed by atoms with van der Waals surface area (Å²) in [5.41, 5.74) is 2.99. The van der Waals surface area contributed by atoms with Crippen molar-refractivity contribution in [2.24, 2.45) is 4.99 Å². The number of benzene rings is 2. The van der Waals surface area contributed by atoms with Crippen LogP contribution in [0.5, 0.6) is 0 Å². The summed E-state index contributed by atoms with van der Waals surface area (Å²) in [5, 5.41) is 6.23. The van der Waals surface area contributed by atoms with Crippen LogP contribution in [-0.4, -0.2) is 25.8 Å². The van der Waals surface area contributed by atoms with Crippen LogP contribution in [0.3, 0.4) is 0 Å².